The van der Waals surface area contributed by atoms with E-state index >= 15 is 0 Å². The third-order valence-corrected chi connectivity index (χ3v) is 15.4. The number of halogens is 3. The smallest absolute Gasteiger partial charge is 1.00 e. The van der Waals surface area contributed by atoms with Crippen LogP contribution in [-0.2, 0) is 122 Å². The summed E-state index contributed by atoms with van der Waals surface area (Å²) in [7, 11) is 3.16. The first-order chi connectivity index (χ1) is 22.4. The first-order valence-corrected chi connectivity index (χ1v) is 23.1. The van der Waals surface area contributed by atoms with Crippen LogP contribution in [0.25, 0.3) is 0 Å². The van der Waals surface area contributed by atoms with Gasteiger partial charge in [0.25, 0.3) is 0 Å². The van der Waals surface area contributed by atoms with Crippen LogP contribution in [0, 0.1) is 20.8 Å². The maximum Gasteiger partial charge on any atom is 2.00 e. The Hall–Kier alpha value is 1.71. The molecule has 0 aliphatic heterocycles. The van der Waals surface area contributed by atoms with Crippen LogP contribution in [0.1, 0.15) is 168 Å². The van der Waals surface area contributed by atoms with Crippen LogP contribution in [0.15, 0.2) is 18.2 Å². The molecule has 6 radical (unpaired) electrons. The van der Waals surface area contributed by atoms with E-state index in [1.54, 1.807) is 66.8 Å². The fourth-order valence-corrected chi connectivity index (χ4v) is 11.1. The van der Waals surface area contributed by atoms with Gasteiger partial charge < -0.3 is 37.2 Å². The zero-order valence-electron chi connectivity index (χ0n) is 36.0. The molecule has 54 heavy (non-hydrogen) atoms. The number of rotatable bonds is 6. The van der Waals surface area contributed by atoms with Crippen molar-refractivity contribution in [1.29, 1.82) is 0 Å². The van der Waals surface area contributed by atoms with Crippen LogP contribution in [0.2, 0.25) is 15.1 Å². The average Bonchev–Trinajstić information content (AvgIpc) is 3.64. The Kier molecular flexibility index (Phi) is 29.8. The van der Waals surface area contributed by atoms with Gasteiger partial charge in [0.15, 0.2) is 0 Å². The van der Waals surface area contributed by atoms with Gasteiger partial charge in [0.05, 0.1) is 0 Å². The predicted molar refractivity (Wildman–Crippen MR) is 218 cm³/mol. The molecule has 0 aromatic heterocycles. The predicted octanol–water partition coefficient (Wildman–Crippen LogP) is 3.05. The molecule has 0 bridgehead atoms. The van der Waals surface area contributed by atoms with Gasteiger partial charge in [0, 0.05) is 28.6 Å². The molecule has 3 aliphatic rings. The molecule has 0 spiro atoms. The second kappa shape index (κ2) is 26.8. The molecule has 0 saturated heterocycles. The van der Waals surface area contributed by atoms with Crippen LogP contribution < -0.4 is 37.2 Å². The van der Waals surface area contributed by atoms with Crippen LogP contribution in [0.5, 0.6) is 0 Å². The molecular formula is C45H69Cl3Si3Ti3. The van der Waals surface area contributed by atoms with Gasteiger partial charge in [-0.3, -0.25) is 0 Å². The van der Waals surface area contributed by atoms with E-state index < -0.39 is 0 Å². The molecule has 0 atom stereocenters. The summed E-state index contributed by atoms with van der Waals surface area (Å²) in [4.78, 5) is 0. The van der Waals surface area contributed by atoms with Gasteiger partial charge in [-0.15, -0.1) is 0 Å². The molecule has 3 aromatic rings. The summed E-state index contributed by atoms with van der Waals surface area (Å²) >= 11 is 0. The van der Waals surface area contributed by atoms with Gasteiger partial charge in [-0.1, -0.05) is 178 Å². The van der Waals surface area contributed by atoms with Gasteiger partial charge in [-0.2, -0.15) is 85.0 Å². The van der Waals surface area contributed by atoms with Crippen LogP contribution >= 0.6 is 0 Å². The Bertz CT molecular complexity index is 1310. The molecule has 0 fully saturated rings. The Morgan fingerprint density at radius 1 is 0.407 bits per heavy atom. The minimum absolute atomic E-state index is 0. The van der Waals surface area contributed by atoms with Crippen molar-refractivity contribution in [2.75, 3.05) is 0 Å². The van der Waals surface area contributed by atoms with Crippen molar-refractivity contribution < 1.29 is 102 Å². The molecule has 0 N–H and O–H groups in total. The fraction of sp³-hybridized carbons (Fsp3) is 0.667. The fourth-order valence-electron chi connectivity index (χ4n) is 7.95. The van der Waals surface area contributed by atoms with Crippen molar-refractivity contribution in [3.8, 4) is 0 Å². The van der Waals surface area contributed by atoms with E-state index in [9.17, 15) is 0 Å². The Morgan fingerprint density at radius 2 is 0.611 bits per heavy atom. The topological polar surface area (TPSA) is 0 Å². The number of fused-ring (bicyclic) bond motifs is 3. The van der Waals surface area contributed by atoms with Crippen LogP contribution in [0.4, 0.5) is 0 Å². The third kappa shape index (κ3) is 19.0. The van der Waals surface area contributed by atoms with Crippen molar-refractivity contribution in [3.63, 3.8) is 0 Å². The maximum atomic E-state index is 2.47. The monoisotopic (exact) mass is 942 g/mol. The zero-order chi connectivity index (χ0) is 35.3. The summed E-state index contributed by atoms with van der Waals surface area (Å²) in [5.74, 6) is 0. The molecule has 3 aliphatic carbocycles. The van der Waals surface area contributed by atoms with Gasteiger partial charge in [0.2, 0.25) is 0 Å². The first kappa shape index (κ1) is 60.0. The molecule has 0 unspecified atom stereocenters. The molecule has 9 heteroatoms. The van der Waals surface area contributed by atoms with Crippen molar-refractivity contribution >= 4 is 28.6 Å². The Balaban J connectivity index is -0.000000684. The SMILES string of the molecule is Cc1c[c-](C[Si]C(C)(C)C)c2c1CCCC2.Cc1c[c-](C[Si]C(C)(C)C)c2c1CCCC2.Cc1c[c-](C[Si]C(C)(C)C)c2c1CCCC2.[Cl-].[Cl-].[Cl-].[Ti+2].[Ti+2].[Ti+2]. The molecule has 0 amide bonds. The molecule has 3 aromatic carbocycles. The zero-order valence-corrected chi connectivity index (χ0v) is 45.9. The summed E-state index contributed by atoms with van der Waals surface area (Å²) in [6.45, 7) is 28.1. The van der Waals surface area contributed by atoms with E-state index in [4.69, 9.17) is 0 Å². The van der Waals surface area contributed by atoms with E-state index in [0.29, 0.717) is 15.1 Å². The first-order valence-electron chi connectivity index (χ1n) is 19.5. The molecule has 0 heterocycles. The normalized spacial score (nSPS) is 14.4. The average molecular weight is 944 g/mol. The van der Waals surface area contributed by atoms with Gasteiger partial charge in [-0.05, 0) is 15.1 Å². The molecule has 0 nitrogen and oxygen atoms in total. The molecular weight excluding hydrogens is 875 g/mol. The van der Waals surface area contributed by atoms with E-state index in [0.717, 1.165) is 28.6 Å². The quantitative estimate of drug-likeness (QED) is 0.264. The minimum Gasteiger partial charge on any atom is -1.00 e. The third-order valence-electron chi connectivity index (χ3n) is 10.6. The largest absolute Gasteiger partial charge is 2.00 e. The van der Waals surface area contributed by atoms with E-state index in [1.807, 2.05) is 0 Å². The van der Waals surface area contributed by atoms with Crippen LogP contribution in [-0.4, -0.2) is 28.6 Å². The Morgan fingerprint density at radius 3 is 0.815 bits per heavy atom. The standard InChI is InChI=1S/3C15H23Si.3ClH.3Ti/c3*1-11-9-12(10-16-15(2,3)4)14-8-6-5-7-13(11)14;;;;;;/h3*9H,5-8,10H2,1-4H3;3*1H;;;/q3*-1;;;;3*+2/p-3. The molecule has 6 rings (SSSR count). The number of hydrogen-bond acceptors (Lipinski definition) is 0. The van der Waals surface area contributed by atoms with Crippen molar-refractivity contribution in [1.82, 2.24) is 0 Å². The van der Waals surface area contributed by atoms with Gasteiger partial charge >= 0.3 is 65.2 Å². The van der Waals surface area contributed by atoms with E-state index in [1.165, 1.54) is 95.2 Å². The minimum atomic E-state index is 0. The summed E-state index contributed by atoms with van der Waals surface area (Å²) in [6.07, 6.45) is 16.4. The van der Waals surface area contributed by atoms with Crippen molar-refractivity contribution in [2.45, 2.75) is 193 Å². The summed E-state index contributed by atoms with van der Waals surface area (Å²) < 4.78 is 0. The van der Waals surface area contributed by atoms with E-state index in [2.05, 4.69) is 101 Å². The van der Waals surface area contributed by atoms with Crippen molar-refractivity contribution in [2.24, 2.45) is 0 Å². The maximum absolute atomic E-state index is 2.47. The van der Waals surface area contributed by atoms with Gasteiger partial charge in [0.1, 0.15) is 0 Å². The van der Waals surface area contributed by atoms with Gasteiger partial charge in [-0.25, -0.2) is 0 Å². The summed E-state index contributed by atoms with van der Waals surface area (Å²) in [6, 6.07) is 11.3. The summed E-state index contributed by atoms with van der Waals surface area (Å²) in [5, 5.41) is 1.48. The second-order valence-corrected chi connectivity index (χ2v) is 25.0. The number of hydrogen-bond donors (Lipinski definition) is 0. The van der Waals surface area contributed by atoms with Crippen LogP contribution in [0.3, 0.4) is 0 Å². The Labute approximate surface area is 405 Å². The summed E-state index contributed by atoms with van der Waals surface area (Å²) in [5.41, 5.74) is 19.9. The molecule has 0 saturated carbocycles. The molecule has 294 valence electrons. The van der Waals surface area contributed by atoms with E-state index in [-0.39, 0.29) is 102 Å². The number of aryl methyl sites for hydroxylation is 3. The second-order valence-electron chi connectivity index (χ2n) is 18.4. The van der Waals surface area contributed by atoms with Crippen molar-refractivity contribution in [3.05, 3.63) is 85.0 Å².